The maximum absolute atomic E-state index is 12.3. The third-order valence-electron chi connectivity index (χ3n) is 3.61. The van der Waals surface area contributed by atoms with Gasteiger partial charge in [0.25, 0.3) is 0 Å². The summed E-state index contributed by atoms with van der Waals surface area (Å²) >= 11 is 0. The summed E-state index contributed by atoms with van der Waals surface area (Å²) in [5.41, 5.74) is 7.40. The third kappa shape index (κ3) is 3.95. The number of nitrogen functional groups attached to an aromatic ring is 1. The molecule has 1 aromatic rings. The van der Waals surface area contributed by atoms with Crippen LogP contribution in [0.1, 0.15) is 12.0 Å². The van der Waals surface area contributed by atoms with Crippen LogP contribution >= 0.6 is 0 Å². The minimum Gasteiger partial charge on any atom is -0.399 e. The van der Waals surface area contributed by atoms with E-state index in [1.54, 1.807) is 11.9 Å². The van der Waals surface area contributed by atoms with Crippen LogP contribution in [0.25, 0.3) is 0 Å². The van der Waals surface area contributed by atoms with E-state index in [0.29, 0.717) is 31.7 Å². The van der Waals surface area contributed by atoms with Crippen molar-refractivity contribution in [3.05, 3.63) is 29.8 Å². The van der Waals surface area contributed by atoms with E-state index in [4.69, 9.17) is 10.5 Å². The number of ether oxygens (including phenoxy) is 1. The number of carbonyl (C=O) groups excluding carboxylic acids is 2. The minimum absolute atomic E-state index is 0.0243. The first-order chi connectivity index (χ1) is 10.1. The Morgan fingerprint density at radius 1 is 1.38 bits per heavy atom. The molecule has 1 atom stereocenters. The molecular weight excluding hydrogens is 270 g/mol. The number of aryl methyl sites for hydroxylation is 1. The van der Waals surface area contributed by atoms with E-state index in [1.165, 1.54) is 0 Å². The summed E-state index contributed by atoms with van der Waals surface area (Å²) in [7, 11) is 1.56. The van der Waals surface area contributed by atoms with Crippen LogP contribution in [0.4, 0.5) is 5.69 Å². The average Bonchev–Trinajstić information content (AvgIpc) is 2.53. The van der Waals surface area contributed by atoms with Crippen LogP contribution in [0.2, 0.25) is 0 Å². The van der Waals surface area contributed by atoms with Crippen molar-refractivity contribution in [2.24, 2.45) is 0 Å². The lowest BCUT2D eigenvalue weighted by Crippen LogP contribution is -2.55. The van der Waals surface area contributed by atoms with Gasteiger partial charge in [0, 0.05) is 25.7 Å². The molecule has 114 valence electrons. The molecule has 1 unspecified atom stereocenters. The van der Waals surface area contributed by atoms with Gasteiger partial charge >= 0.3 is 0 Å². The summed E-state index contributed by atoms with van der Waals surface area (Å²) in [6.45, 7) is 1.19. The standard InChI is InChI=1S/C15H21N3O3/c1-17-15(20)13-10-21-9-8-18(13)14(19)7-4-11-2-5-12(16)6-3-11/h2-3,5-6,13H,4,7-10,16H2,1H3,(H,17,20). The smallest absolute Gasteiger partial charge is 0.244 e. The number of nitrogens with two attached hydrogens (primary N) is 1. The van der Waals surface area contributed by atoms with Gasteiger partial charge in [0.15, 0.2) is 0 Å². The van der Waals surface area contributed by atoms with Gasteiger partial charge in [-0.25, -0.2) is 0 Å². The Labute approximate surface area is 124 Å². The predicted molar refractivity (Wildman–Crippen MR) is 79.6 cm³/mol. The summed E-state index contributed by atoms with van der Waals surface area (Å²) in [6.07, 6.45) is 1.01. The van der Waals surface area contributed by atoms with Gasteiger partial charge in [-0.2, -0.15) is 0 Å². The van der Waals surface area contributed by atoms with Crippen LogP contribution < -0.4 is 11.1 Å². The molecule has 1 heterocycles. The first kappa shape index (κ1) is 15.3. The molecule has 6 heteroatoms. The van der Waals surface area contributed by atoms with Crippen molar-refractivity contribution in [2.45, 2.75) is 18.9 Å². The fraction of sp³-hybridized carbons (Fsp3) is 0.467. The molecule has 1 aliphatic rings. The van der Waals surface area contributed by atoms with E-state index in [1.807, 2.05) is 24.3 Å². The molecule has 1 aliphatic heterocycles. The molecule has 0 saturated carbocycles. The molecule has 1 saturated heterocycles. The van der Waals surface area contributed by atoms with Gasteiger partial charge < -0.3 is 20.7 Å². The molecule has 2 amide bonds. The van der Waals surface area contributed by atoms with E-state index in [0.717, 1.165) is 5.56 Å². The van der Waals surface area contributed by atoms with Gasteiger partial charge in [0.2, 0.25) is 11.8 Å². The first-order valence-corrected chi connectivity index (χ1v) is 7.05. The number of nitrogens with one attached hydrogen (secondary N) is 1. The molecule has 1 fully saturated rings. The van der Waals surface area contributed by atoms with Crippen molar-refractivity contribution in [3.8, 4) is 0 Å². The van der Waals surface area contributed by atoms with Crippen molar-refractivity contribution >= 4 is 17.5 Å². The van der Waals surface area contributed by atoms with Crippen LogP contribution in [0.5, 0.6) is 0 Å². The Morgan fingerprint density at radius 2 is 2.10 bits per heavy atom. The van der Waals surface area contributed by atoms with E-state index >= 15 is 0 Å². The quantitative estimate of drug-likeness (QED) is 0.775. The summed E-state index contributed by atoms with van der Waals surface area (Å²) in [6, 6.07) is 6.95. The Hall–Kier alpha value is -2.08. The van der Waals surface area contributed by atoms with Crippen molar-refractivity contribution in [2.75, 3.05) is 32.5 Å². The molecule has 2 rings (SSSR count). The van der Waals surface area contributed by atoms with E-state index in [2.05, 4.69) is 5.32 Å². The molecule has 3 N–H and O–H groups in total. The monoisotopic (exact) mass is 291 g/mol. The molecule has 0 bridgehead atoms. The zero-order valence-electron chi connectivity index (χ0n) is 12.2. The molecule has 6 nitrogen and oxygen atoms in total. The highest BCUT2D eigenvalue weighted by molar-refractivity contribution is 5.87. The number of rotatable bonds is 4. The summed E-state index contributed by atoms with van der Waals surface area (Å²) in [4.78, 5) is 25.7. The van der Waals surface area contributed by atoms with Gasteiger partial charge in [-0.1, -0.05) is 12.1 Å². The zero-order valence-corrected chi connectivity index (χ0v) is 12.2. The Kier molecular flexibility index (Phi) is 5.16. The first-order valence-electron chi connectivity index (χ1n) is 7.05. The van der Waals surface area contributed by atoms with Gasteiger partial charge in [-0.15, -0.1) is 0 Å². The number of hydrogen-bond acceptors (Lipinski definition) is 4. The fourth-order valence-electron chi connectivity index (χ4n) is 2.37. The molecule has 0 aromatic heterocycles. The lowest BCUT2D eigenvalue weighted by Gasteiger charge is -2.34. The van der Waals surface area contributed by atoms with Crippen LogP contribution in [-0.2, 0) is 20.7 Å². The number of anilines is 1. The SMILES string of the molecule is CNC(=O)C1COCCN1C(=O)CCc1ccc(N)cc1. The van der Waals surface area contributed by atoms with Gasteiger partial charge in [-0.3, -0.25) is 9.59 Å². The Bertz CT molecular complexity index is 501. The second kappa shape index (κ2) is 7.08. The summed E-state index contributed by atoms with van der Waals surface area (Å²) in [5.74, 6) is -0.209. The minimum atomic E-state index is -0.525. The zero-order chi connectivity index (χ0) is 15.2. The molecule has 0 spiro atoms. The van der Waals surface area contributed by atoms with Crippen LogP contribution in [0.15, 0.2) is 24.3 Å². The Morgan fingerprint density at radius 3 is 2.76 bits per heavy atom. The number of benzene rings is 1. The number of nitrogens with zero attached hydrogens (tertiary/aromatic N) is 1. The molecule has 0 aliphatic carbocycles. The second-order valence-corrected chi connectivity index (χ2v) is 5.03. The Balaban J connectivity index is 1.94. The fourth-order valence-corrected chi connectivity index (χ4v) is 2.37. The van der Waals surface area contributed by atoms with E-state index in [-0.39, 0.29) is 18.4 Å². The summed E-state index contributed by atoms with van der Waals surface area (Å²) in [5, 5.41) is 2.57. The number of morpholine rings is 1. The normalized spacial score (nSPS) is 18.3. The lowest BCUT2D eigenvalue weighted by atomic mass is 10.1. The predicted octanol–water partition coefficient (Wildman–Crippen LogP) is 0.175. The molecule has 21 heavy (non-hydrogen) atoms. The topological polar surface area (TPSA) is 84.7 Å². The van der Waals surface area contributed by atoms with E-state index < -0.39 is 6.04 Å². The summed E-state index contributed by atoms with van der Waals surface area (Å²) < 4.78 is 5.29. The van der Waals surface area contributed by atoms with Crippen molar-refractivity contribution in [3.63, 3.8) is 0 Å². The lowest BCUT2D eigenvalue weighted by molar-refractivity contribution is -0.148. The van der Waals surface area contributed by atoms with Gasteiger partial charge in [0.05, 0.1) is 13.2 Å². The number of hydrogen-bond donors (Lipinski definition) is 2. The highest BCUT2D eigenvalue weighted by Gasteiger charge is 2.31. The maximum Gasteiger partial charge on any atom is 0.244 e. The highest BCUT2D eigenvalue weighted by atomic mass is 16.5. The van der Waals surface area contributed by atoms with E-state index in [9.17, 15) is 9.59 Å². The second-order valence-electron chi connectivity index (χ2n) is 5.03. The van der Waals surface area contributed by atoms with Crippen LogP contribution in [-0.4, -0.2) is 49.6 Å². The number of likely N-dealkylation sites (N-methyl/N-ethyl adjacent to an activating group) is 1. The molecular formula is C15H21N3O3. The van der Waals surface area contributed by atoms with Crippen LogP contribution in [0.3, 0.4) is 0 Å². The van der Waals surface area contributed by atoms with Crippen molar-refractivity contribution in [1.29, 1.82) is 0 Å². The molecule has 1 aromatic carbocycles. The highest BCUT2D eigenvalue weighted by Crippen LogP contribution is 2.12. The van der Waals surface area contributed by atoms with Gasteiger partial charge in [0.1, 0.15) is 6.04 Å². The van der Waals surface area contributed by atoms with Gasteiger partial charge in [-0.05, 0) is 24.1 Å². The number of carbonyl (C=O) groups is 2. The van der Waals surface area contributed by atoms with Crippen molar-refractivity contribution in [1.82, 2.24) is 10.2 Å². The largest absolute Gasteiger partial charge is 0.399 e. The number of amides is 2. The third-order valence-corrected chi connectivity index (χ3v) is 3.61. The maximum atomic E-state index is 12.3. The van der Waals surface area contributed by atoms with Crippen LogP contribution in [0, 0.1) is 0 Å². The average molecular weight is 291 g/mol. The molecule has 0 radical (unpaired) electrons. The van der Waals surface area contributed by atoms with Crippen molar-refractivity contribution < 1.29 is 14.3 Å².